The third-order valence-corrected chi connectivity index (χ3v) is 2.97. The molecule has 0 aliphatic heterocycles. The van der Waals surface area contributed by atoms with E-state index in [1.165, 1.54) is 0 Å². The molecule has 0 bridgehead atoms. The number of nitrogens with zero attached hydrogens (tertiary/aromatic N) is 1. The molecular weight excluding hydrogens is 316 g/mol. The Bertz CT molecular complexity index is 344. The summed E-state index contributed by atoms with van der Waals surface area (Å²) < 4.78 is 0.680. The van der Waals surface area contributed by atoms with Crippen molar-refractivity contribution in [2.24, 2.45) is 0 Å². The van der Waals surface area contributed by atoms with Crippen molar-refractivity contribution in [2.45, 2.75) is 12.8 Å². The van der Waals surface area contributed by atoms with Gasteiger partial charge in [-0.25, -0.2) is 0 Å². The Balaban J connectivity index is 3.02. The third kappa shape index (κ3) is 2.81. The van der Waals surface area contributed by atoms with Crippen molar-refractivity contribution in [3.05, 3.63) is 37.4 Å². The number of nitro groups is 1. The predicted molar refractivity (Wildman–Crippen MR) is 64.9 cm³/mol. The molecule has 76 valence electrons. The predicted octanol–water partition coefficient (Wildman–Crippen LogP) is 3.37. The zero-order valence-corrected chi connectivity index (χ0v) is 10.3. The van der Waals surface area contributed by atoms with Crippen LogP contribution in [0, 0.1) is 13.7 Å². The largest absolute Gasteiger partial charge is 0.285 e. The molecule has 1 rings (SSSR count). The minimum absolute atomic E-state index is 0.221. The van der Waals surface area contributed by atoms with E-state index in [1.807, 2.05) is 28.7 Å². The molecule has 0 heterocycles. The number of hydrogen-bond donors (Lipinski definition) is 0. The Morgan fingerprint density at radius 2 is 2.21 bits per heavy atom. The number of halogens is 2. The zero-order valence-electron chi connectivity index (χ0n) is 7.37. The molecule has 0 saturated heterocycles. The van der Waals surface area contributed by atoms with Gasteiger partial charge in [-0.3, -0.25) is 10.1 Å². The summed E-state index contributed by atoms with van der Waals surface area (Å²) >= 11 is 7.53. The van der Waals surface area contributed by atoms with E-state index in [2.05, 4.69) is 0 Å². The van der Waals surface area contributed by atoms with E-state index in [4.69, 9.17) is 11.6 Å². The molecule has 1 aromatic rings. The average Bonchev–Trinajstić information content (AvgIpc) is 2.14. The fourth-order valence-corrected chi connectivity index (χ4v) is 2.11. The summed E-state index contributed by atoms with van der Waals surface area (Å²) in [4.78, 5) is 10.4. The number of alkyl halides is 1. The second kappa shape index (κ2) is 5.50. The molecule has 0 fully saturated rings. The highest BCUT2D eigenvalue weighted by Crippen LogP contribution is 2.26. The summed E-state index contributed by atoms with van der Waals surface area (Å²) in [5.74, 6) is 0.530. The maximum Gasteiger partial charge on any atom is 0.285 e. The van der Waals surface area contributed by atoms with Crippen molar-refractivity contribution in [2.75, 3.05) is 5.88 Å². The smallest absolute Gasteiger partial charge is 0.258 e. The summed E-state index contributed by atoms with van der Waals surface area (Å²) in [6, 6.07) is 5.36. The van der Waals surface area contributed by atoms with Crippen molar-refractivity contribution in [3.8, 4) is 0 Å². The minimum Gasteiger partial charge on any atom is -0.258 e. The Morgan fingerprint density at radius 3 is 2.79 bits per heavy atom. The van der Waals surface area contributed by atoms with Crippen LogP contribution in [0.2, 0.25) is 0 Å². The number of para-hydroxylation sites is 1. The molecule has 0 radical (unpaired) electrons. The molecule has 0 unspecified atom stereocenters. The van der Waals surface area contributed by atoms with Crippen molar-refractivity contribution in [3.63, 3.8) is 0 Å². The first-order valence-corrected chi connectivity index (χ1v) is 5.76. The number of aryl methyl sites for hydroxylation is 1. The Labute approximate surface area is 101 Å². The number of rotatable bonds is 4. The Kier molecular flexibility index (Phi) is 4.60. The summed E-state index contributed by atoms with van der Waals surface area (Å²) in [5.41, 5.74) is 0.987. The summed E-state index contributed by atoms with van der Waals surface area (Å²) in [5, 5.41) is 10.8. The van der Waals surface area contributed by atoms with Crippen LogP contribution in [0.1, 0.15) is 12.0 Å². The van der Waals surface area contributed by atoms with Gasteiger partial charge >= 0.3 is 0 Å². The first kappa shape index (κ1) is 11.7. The summed E-state index contributed by atoms with van der Waals surface area (Å²) in [7, 11) is 0. The maximum absolute atomic E-state index is 10.8. The first-order valence-electron chi connectivity index (χ1n) is 4.14. The van der Waals surface area contributed by atoms with Crippen molar-refractivity contribution >= 4 is 39.9 Å². The molecule has 0 N–H and O–H groups in total. The molecule has 1 aromatic carbocycles. The van der Waals surface area contributed by atoms with Gasteiger partial charge in [-0.2, -0.15) is 0 Å². The fourth-order valence-electron chi connectivity index (χ4n) is 1.22. The molecule has 0 amide bonds. The van der Waals surface area contributed by atoms with Crippen LogP contribution in [0.5, 0.6) is 0 Å². The van der Waals surface area contributed by atoms with E-state index in [1.54, 1.807) is 12.1 Å². The fraction of sp³-hybridized carbons (Fsp3) is 0.333. The van der Waals surface area contributed by atoms with E-state index in [0.29, 0.717) is 15.9 Å². The quantitative estimate of drug-likeness (QED) is 0.369. The van der Waals surface area contributed by atoms with Gasteiger partial charge < -0.3 is 0 Å². The van der Waals surface area contributed by atoms with Gasteiger partial charge in [0.05, 0.1) is 8.49 Å². The molecule has 0 aromatic heterocycles. The van der Waals surface area contributed by atoms with Gasteiger partial charge in [-0.1, -0.05) is 12.1 Å². The molecule has 14 heavy (non-hydrogen) atoms. The molecule has 0 atom stereocenters. The van der Waals surface area contributed by atoms with E-state index in [0.717, 1.165) is 12.0 Å². The highest BCUT2D eigenvalue weighted by molar-refractivity contribution is 14.1. The van der Waals surface area contributed by atoms with Crippen LogP contribution in [0.3, 0.4) is 0 Å². The third-order valence-electron chi connectivity index (χ3n) is 1.83. The lowest BCUT2D eigenvalue weighted by Crippen LogP contribution is -1.98. The second-order valence-corrected chi connectivity index (χ2v) is 4.34. The van der Waals surface area contributed by atoms with Gasteiger partial charge in [-0.05, 0) is 41.5 Å². The zero-order chi connectivity index (χ0) is 10.6. The van der Waals surface area contributed by atoms with Gasteiger partial charge in [0.1, 0.15) is 0 Å². The van der Waals surface area contributed by atoms with Gasteiger partial charge in [-0.15, -0.1) is 11.6 Å². The van der Waals surface area contributed by atoms with Gasteiger partial charge in [0, 0.05) is 11.4 Å². The van der Waals surface area contributed by atoms with Gasteiger partial charge in [0.25, 0.3) is 5.69 Å². The van der Waals surface area contributed by atoms with Crippen LogP contribution in [0.25, 0.3) is 0 Å². The topological polar surface area (TPSA) is 43.1 Å². The first-order chi connectivity index (χ1) is 6.66. The van der Waals surface area contributed by atoms with E-state index in [9.17, 15) is 10.1 Å². The van der Waals surface area contributed by atoms with Gasteiger partial charge in [0.2, 0.25) is 0 Å². The Morgan fingerprint density at radius 1 is 1.50 bits per heavy atom. The van der Waals surface area contributed by atoms with E-state index < -0.39 is 0 Å². The number of nitro benzene ring substituents is 1. The average molecular weight is 326 g/mol. The van der Waals surface area contributed by atoms with Crippen molar-refractivity contribution < 1.29 is 4.92 Å². The van der Waals surface area contributed by atoms with E-state index >= 15 is 0 Å². The van der Waals surface area contributed by atoms with Crippen LogP contribution < -0.4 is 0 Å². The Hall–Kier alpha value is -0.360. The molecular formula is C9H9ClINO2. The van der Waals surface area contributed by atoms with Crippen LogP contribution in [0.15, 0.2) is 18.2 Å². The molecule has 3 nitrogen and oxygen atoms in total. The lowest BCUT2D eigenvalue weighted by molar-refractivity contribution is -0.386. The summed E-state index contributed by atoms with van der Waals surface area (Å²) in [6.45, 7) is 0. The van der Waals surface area contributed by atoms with Crippen molar-refractivity contribution in [1.82, 2.24) is 0 Å². The SMILES string of the molecule is O=[N+]([O-])c1c(I)cccc1CCCCl. The van der Waals surface area contributed by atoms with Crippen LogP contribution in [-0.2, 0) is 6.42 Å². The lowest BCUT2D eigenvalue weighted by Gasteiger charge is -2.02. The van der Waals surface area contributed by atoms with E-state index in [-0.39, 0.29) is 10.6 Å². The molecule has 0 aliphatic carbocycles. The molecule has 0 aliphatic rings. The normalized spacial score (nSPS) is 10.1. The monoisotopic (exact) mass is 325 g/mol. The van der Waals surface area contributed by atoms with Crippen LogP contribution in [0.4, 0.5) is 5.69 Å². The van der Waals surface area contributed by atoms with Crippen LogP contribution in [-0.4, -0.2) is 10.8 Å². The maximum atomic E-state index is 10.8. The molecule has 5 heteroatoms. The highest BCUT2D eigenvalue weighted by atomic mass is 127. The van der Waals surface area contributed by atoms with Crippen molar-refractivity contribution in [1.29, 1.82) is 0 Å². The minimum atomic E-state index is -0.328. The standard InChI is InChI=1S/C9H9ClINO2/c10-6-2-4-7-3-1-5-8(11)9(7)12(13)14/h1,3,5H,2,4,6H2. The van der Waals surface area contributed by atoms with Crippen LogP contribution >= 0.6 is 34.2 Å². The highest BCUT2D eigenvalue weighted by Gasteiger charge is 2.16. The number of hydrogen-bond acceptors (Lipinski definition) is 2. The number of benzene rings is 1. The molecule has 0 saturated carbocycles. The second-order valence-electron chi connectivity index (χ2n) is 2.80. The molecule has 0 spiro atoms. The summed E-state index contributed by atoms with van der Waals surface area (Å²) in [6.07, 6.45) is 1.43. The lowest BCUT2D eigenvalue weighted by atomic mass is 10.1. The van der Waals surface area contributed by atoms with Gasteiger partial charge in [0.15, 0.2) is 0 Å².